The van der Waals surface area contributed by atoms with E-state index in [0.717, 1.165) is 36.9 Å². The van der Waals surface area contributed by atoms with Crippen LogP contribution in [-0.4, -0.2) is 37.0 Å². The number of anilines is 1. The van der Waals surface area contributed by atoms with Crippen molar-refractivity contribution in [2.75, 3.05) is 19.4 Å². The predicted octanol–water partition coefficient (Wildman–Crippen LogP) is 2.07. The third-order valence-corrected chi connectivity index (χ3v) is 3.66. The number of benzene rings is 1. The molecule has 0 radical (unpaired) electrons. The van der Waals surface area contributed by atoms with Gasteiger partial charge in [0, 0.05) is 37.4 Å². The van der Waals surface area contributed by atoms with Crippen molar-refractivity contribution < 1.29 is 4.79 Å². The van der Waals surface area contributed by atoms with Crippen LogP contribution in [0.2, 0.25) is 0 Å². The average Bonchev–Trinajstić information content (AvgIpc) is 2.41. The molecule has 0 aromatic heterocycles. The van der Waals surface area contributed by atoms with Gasteiger partial charge < -0.3 is 16.0 Å². The highest BCUT2D eigenvalue weighted by atomic mass is 16.2. The molecular formula is C15H23N3O. The Labute approximate surface area is 115 Å². The van der Waals surface area contributed by atoms with Crippen LogP contribution in [-0.2, 0) is 0 Å². The lowest BCUT2D eigenvalue weighted by atomic mass is 9.91. The van der Waals surface area contributed by atoms with E-state index in [0.29, 0.717) is 12.1 Å². The zero-order chi connectivity index (χ0) is 13.8. The molecule has 1 aromatic carbocycles. The van der Waals surface area contributed by atoms with Crippen LogP contribution in [0.25, 0.3) is 0 Å². The first-order valence-electron chi connectivity index (χ1n) is 6.90. The minimum atomic E-state index is 0.0364. The lowest BCUT2D eigenvalue weighted by Gasteiger charge is -2.27. The Bertz CT molecular complexity index is 437. The highest BCUT2D eigenvalue weighted by Gasteiger charge is 2.18. The molecular weight excluding hydrogens is 238 g/mol. The van der Waals surface area contributed by atoms with Crippen molar-refractivity contribution in [3.8, 4) is 0 Å². The van der Waals surface area contributed by atoms with Crippen LogP contribution in [0.4, 0.5) is 5.69 Å². The second kappa shape index (κ2) is 6.06. The van der Waals surface area contributed by atoms with Crippen LogP contribution in [0, 0.1) is 0 Å². The van der Waals surface area contributed by atoms with Crippen molar-refractivity contribution in [1.82, 2.24) is 4.90 Å². The highest BCUT2D eigenvalue weighted by molar-refractivity contribution is 5.94. The Hall–Kier alpha value is -1.55. The van der Waals surface area contributed by atoms with E-state index in [2.05, 4.69) is 5.32 Å². The summed E-state index contributed by atoms with van der Waals surface area (Å²) in [4.78, 5) is 13.5. The summed E-state index contributed by atoms with van der Waals surface area (Å²) >= 11 is 0. The Morgan fingerprint density at radius 2 is 1.95 bits per heavy atom. The number of nitrogens with zero attached hydrogens (tertiary/aromatic N) is 1. The molecule has 19 heavy (non-hydrogen) atoms. The normalized spacial score (nSPS) is 22.9. The molecule has 1 fully saturated rings. The average molecular weight is 261 g/mol. The van der Waals surface area contributed by atoms with E-state index in [9.17, 15) is 4.79 Å². The third-order valence-electron chi connectivity index (χ3n) is 3.66. The first kappa shape index (κ1) is 13.9. The van der Waals surface area contributed by atoms with Crippen molar-refractivity contribution in [3.05, 3.63) is 29.8 Å². The molecule has 1 aliphatic carbocycles. The molecule has 3 N–H and O–H groups in total. The smallest absolute Gasteiger partial charge is 0.253 e. The lowest BCUT2D eigenvalue weighted by molar-refractivity contribution is 0.0827. The minimum Gasteiger partial charge on any atom is -0.382 e. The van der Waals surface area contributed by atoms with Gasteiger partial charge in [-0.05, 0) is 43.9 Å². The summed E-state index contributed by atoms with van der Waals surface area (Å²) in [6.07, 6.45) is 4.36. The van der Waals surface area contributed by atoms with Gasteiger partial charge in [-0.1, -0.05) is 6.07 Å². The van der Waals surface area contributed by atoms with E-state index in [1.807, 2.05) is 24.3 Å². The van der Waals surface area contributed by atoms with Crippen LogP contribution in [0.5, 0.6) is 0 Å². The van der Waals surface area contributed by atoms with E-state index in [4.69, 9.17) is 5.73 Å². The van der Waals surface area contributed by atoms with Gasteiger partial charge in [-0.3, -0.25) is 4.79 Å². The number of rotatable bonds is 3. The summed E-state index contributed by atoms with van der Waals surface area (Å²) in [5, 5.41) is 3.51. The first-order valence-corrected chi connectivity index (χ1v) is 6.90. The summed E-state index contributed by atoms with van der Waals surface area (Å²) in [5.41, 5.74) is 7.66. The Balaban J connectivity index is 2.01. The van der Waals surface area contributed by atoms with Crippen LogP contribution in [0.3, 0.4) is 0 Å². The lowest BCUT2D eigenvalue weighted by Crippen LogP contribution is -2.32. The minimum absolute atomic E-state index is 0.0364. The zero-order valence-electron chi connectivity index (χ0n) is 11.7. The molecule has 0 unspecified atom stereocenters. The molecule has 1 aromatic rings. The monoisotopic (exact) mass is 261 g/mol. The zero-order valence-corrected chi connectivity index (χ0v) is 11.7. The van der Waals surface area contributed by atoms with Gasteiger partial charge in [0.15, 0.2) is 0 Å². The molecule has 0 spiro atoms. The van der Waals surface area contributed by atoms with Gasteiger partial charge in [0.05, 0.1) is 0 Å². The van der Waals surface area contributed by atoms with Gasteiger partial charge in [-0.2, -0.15) is 0 Å². The number of nitrogens with two attached hydrogens (primary N) is 1. The van der Waals surface area contributed by atoms with Crippen LogP contribution >= 0.6 is 0 Å². The Kier molecular flexibility index (Phi) is 4.43. The standard InChI is InChI=1S/C15H23N3O/c1-18(2)15(19)11-4-3-5-14(10-11)17-13-8-6-12(16)7-9-13/h3-5,10,12-13,17H,6-9,16H2,1-2H3. The van der Waals surface area contributed by atoms with Gasteiger partial charge in [0.2, 0.25) is 0 Å². The number of nitrogens with one attached hydrogen (secondary N) is 1. The predicted molar refractivity (Wildman–Crippen MR) is 78.3 cm³/mol. The summed E-state index contributed by atoms with van der Waals surface area (Å²) < 4.78 is 0. The molecule has 4 heteroatoms. The van der Waals surface area contributed by atoms with Gasteiger partial charge in [0.25, 0.3) is 5.91 Å². The maximum absolute atomic E-state index is 11.9. The number of carbonyl (C=O) groups excluding carboxylic acids is 1. The quantitative estimate of drug-likeness (QED) is 0.875. The first-order chi connectivity index (χ1) is 9.06. The summed E-state index contributed by atoms with van der Waals surface area (Å²) in [5.74, 6) is 0.0364. The maximum atomic E-state index is 11.9. The third kappa shape index (κ3) is 3.70. The van der Waals surface area contributed by atoms with Crippen LogP contribution < -0.4 is 11.1 Å². The van der Waals surface area contributed by atoms with E-state index in [1.165, 1.54) is 0 Å². The fraction of sp³-hybridized carbons (Fsp3) is 0.533. The van der Waals surface area contributed by atoms with Crippen molar-refractivity contribution in [2.24, 2.45) is 5.73 Å². The van der Waals surface area contributed by atoms with E-state index < -0.39 is 0 Å². The number of hydrogen-bond donors (Lipinski definition) is 2. The number of hydrogen-bond acceptors (Lipinski definition) is 3. The van der Waals surface area contributed by atoms with E-state index in [1.54, 1.807) is 19.0 Å². The molecule has 104 valence electrons. The van der Waals surface area contributed by atoms with Gasteiger partial charge in [-0.15, -0.1) is 0 Å². The molecule has 1 saturated carbocycles. The van der Waals surface area contributed by atoms with E-state index in [-0.39, 0.29) is 5.91 Å². The fourth-order valence-corrected chi connectivity index (χ4v) is 2.50. The summed E-state index contributed by atoms with van der Waals surface area (Å²) in [7, 11) is 3.54. The number of amides is 1. The Morgan fingerprint density at radius 3 is 2.58 bits per heavy atom. The second-order valence-corrected chi connectivity index (χ2v) is 5.54. The molecule has 2 rings (SSSR count). The molecule has 4 nitrogen and oxygen atoms in total. The highest BCUT2D eigenvalue weighted by Crippen LogP contribution is 2.22. The molecule has 0 bridgehead atoms. The van der Waals surface area contributed by atoms with Gasteiger partial charge in [-0.25, -0.2) is 0 Å². The maximum Gasteiger partial charge on any atom is 0.253 e. The summed E-state index contributed by atoms with van der Waals surface area (Å²) in [6.45, 7) is 0. The summed E-state index contributed by atoms with van der Waals surface area (Å²) in [6, 6.07) is 8.56. The SMILES string of the molecule is CN(C)C(=O)c1cccc(NC2CCC(N)CC2)c1. The topological polar surface area (TPSA) is 58.4 Å². The molecule has 0 heterocycles. The van der Waals surface area contributed by atoms with Crippen LogP contribution in [0.15, 0.2) is 24.3 Å². The Morgan fingerprint density at radius 1 is 1.26 bits per heavy atom. The molecule has 0 saturated heterocycles. The fourth-order valence-electron chi connectivity index (χ4n) is 2.50. The second-order valence-electron chi connectivity index (χ2n) is 5.54. The van der Waals surface area contributed by atoms with E-state index >= 15 is 0 Å². The van der Waals surface area contributed by atoms with Gasteiger partial charge >= 0.3 is 0 Å². The van der Waals surface area contributed by atoms with Crippen molar-refractivity contribution in [3.63, 3.8) is 0 Å². The van der Waals surface area contributed by atoms with Crippen molar-refractivity contribution in [1.29, 1.82) is 0 Å². The molecule has 0 atom stereocenters. The van der Waals surface area contributed by atoms with Crippen LogP contribution in [0.1, 0.15) is 36.0 Å². The van der Waals surface area contributed by atoms with Gasteiger partial charge in [0.1, 0.15) is 0 Å². The molecule has 1 aliphatic rings. The largest absolute Gasteiger partial charge is 0.382 e. The van der Waals surface area contributed by atoms with Crippen molar-refractivity contribution in [2.45, 2.75) is 37.8 Å². The van der Waals surface area contributed by atoms with Crippen molar-refractivity contribution >= 4 is 11.6 Å². The molecule has 0 aliphatic heterocycles. The molecule has 1 amide bonds. The number of carbonyl (C=O) groups is 1.